The van der Waals surface area contributed by atoms with Gasteiger partial charge in [-0.25, -0.2) is 4.99 Å². The van der Waals surface area contributed by atoms with E-state index in [9.17, 15) is 4.79 Å². The summed E-state index contributed by atoms with van der Waals surface area (Å²) in [6.07, 6.45) is 2.11. The third kappa shape index (κ3) is 4.27. The van der Waals surface area contributed by atoms with Gasteiger partial charge in [-0.3, -0.25) is 4.79 Å². The summed E-state index contributed by atoms with van der Waals surface area (Å²) in [7, 11) is 0. The van der Waals surface area contributed by atoms with Crippen molar-refractivity contribution < 1.29 is 9.53 Å². The number of rotatable bonds is 5. The second-order valence-electron chi connectivity index (χ2n) is 4.76. The van der Waals surface area contributed by atoms with E-state index in [0.29, 0.717) is 12.4 Å². The molecule has 0 radical (unpaired) electrons. The van der Waals surface area contributed by atoms with Crippen molar-refractivity contribution >= 4 is 28.4 Å². The zero-order valence-corrected chi connectivity index (χ0v) is 12.8. The van der Waals surface area contributed by atoms with Gasteiger partial charge >= 0.3 is 0 Å². The minimum Gasteiger partial charge on any atom is -0.484 e. The van der Waals surface area contributed by atoms with E-state index in [1.165, 1.54) is 11.8 Å². The molecule has 0 bridgehead atoms. The third-order valence-electron chi connectivity index (χ3n) is 2.93. The van der Waals surface area contributed by atoms with Crippen LogP contribution in [0.1, 0.15) is 25.3 Å². The van der Waals surface area contributed by atoms with Crippen LogP contribution in [-0.2, 0) is 4.79 Å². The predicted octanol–water partition coefficient (Wildman–Crippen LogP) is 3.07. The molecule has 5 heteroatoms. The van der Waals surface area contributed by atoms with Crippen LogP contribution in [0.15, 0.2) is 23.2 Å². The smallest absolute Gasteiger partial charge is 0.230 e. The van der Waals surface area contributed by atoms with Crippen molar-refractivity contribution in [3.8, 4) is 5.75 Å². The van der Waals surface area contributed by atoms with E-state index in [4.69, 9.17) is 4.74 Å². The number of hydrogen-bond acceptors (Lipinski definition) is 4. The van der Waals surface area contributed by atoms with Crippen LogP contribution in [0.5, 0.6) is 5.75 Å². The van der Waals surface area contributed by atoms with Crippen LogP contribution in [0.2, 0.25) is 0 Å². The zero-order chi connectivity index (χ0) is 14.4. The molecule has 0 saturated carbocycles. The van der Waals surface area contributed by atoms with Crippen molar-refractivity contribution in [2.75, 3.05) is 18.9 Å². The number of carbonyl (C=O) groups is 1. The summed E-state index contributed by atoms with van der Waals surface area (Å²) in [5.41, 5.74) is 2.00. The molecule has 1 aromatic carbocycles. The molecule has 20 heavy (non-hydrogen) atoms. The molecular weight excluding hydrogens is 272 g/mol. The molecular formula is C15H20N2O2S. The largest absolute Gasteiger partial charge is 0.484 e. The van der Waals surface area contributed by atoms with E-state index in [-0.39, 0.29) is 5.91 Å². The second kappa shape index (κ2) is 7.33. The van der Waals surface area contributed by atoms with E-state index in [1.54, 1.807) is 0 Å². The number of aliphatic imine (C=N–C) groups is 1. The summed E-state index contributed by atoms with van der Waals surface area (Å²) in [5, 5.41) is 3.75. The Balaban J connectivity index is 1.85. The topological polar surface area (TPSA) is 50.7 Å². The summed E-state index contributed by atoms with van der Waals surface area (Å²) in [5.74, 6) is 1.27. The molecule has 0 unspecified atom stereocenters. The Labute approximate surface area is 124 Å². The summed E-state index contributed by atoms with van der Waals surface area (Å²) >= 11 is 1.44. The minimum atomic E-state index is 0.0563. The number of amides is 1. The number of thioether (sulfide) groups is 1. The molecule has 0 aromatic heterocycles. The first kappa shape index (κ1) is 14.9. The van der Waals surface area contributed by atoms with Gasteiger partial charge < -0.3 is 10.1 Å². The fraction of sp³-hybridized carbons (Fsp3) is 0.467. The fourth-order valence-corrected chi connectivity index (χ4v) is 2.52. The SMILES string of the molecule is CCCCNC(=O)CSC1=Nc2ccc(C)cc2OC1. The first-order valence-corrected chi connectivity index (χ1v) is 7.88. The molecule has 1 amide bonds. The van der Waals surface area contributed by atoms with E-state index in [1.807, 2.05) is 25.1 Å². The standard InChI is InChI=1S/C15H20N2O2S/c1-3-4-7-16-14(18)10-20-15-9-19-13-8-11(2)5-6-12(13)17-15/h5-6,8H,3-4,7,9-10H2,1-2H3,(H,16,18). The lowest BCUT2D eigenvalue weighted by atomic mass is 10.2. The monoisotopic (exact) mass is 292 g/mol. The van der Waals surface area contributed by atoms with Gasteiger partial charge in [0.15, 0.2) is 0 Å². The van der Waals surface area contributed by atoms with E-state index >= 15 is 0 Å². The maximum Gasteiger partial charge on any atom is 0.230 e. The molecule has 2 rings (SSSR count). The van der Waals surface area contributed by atoms with Crippen molar-refractivity contribution in [3.05, 3.63) is 23.8 Å². The highest BCUT2D eigenvalue weighted by Gasteiger charge is 2.14. The van der Waals surface area contributed by atoms with Gasteiger partial charge in [-0.05, 0) is 31.0 Å². The lowest BCUT2D eigenvalue weighted by Gasteiger charge is -2.16. The van der Waals surface area contributed by atoms with Crippen molar-refractivity contribution in [3.63, 3.8) is 0 Å². The molecule has 1 aromatic rings. The number of nitrogens with zero attached hydrogens (tertiary/aromatic N) is 1. The molecule has 1 aliphatic heterocycles. The van der Waals surface area contributed by atoms with Gasteiger partial charge in [-0.2, -0.15) is 0 Å². The maximum absolute atomic E-state index is 11.6. The lowest BCUT2D eigenvalue weighted by molar-refractivity contribution is -0.118. The molecule has 0 fully saturated rings. The molecule has 1 N–H and O–H groups in total. The van der Waals surface area contributed by atoms with Crippen LogP contribution < -0.4 is 10.1 Å². The summed E-state index contributed by atoms with van der Waals surface area (Å²) in [6, 6.07) is 5.94. The molecule has 1 heterocycles. The van der Waals surface area contributed by atoms with Crippen LogP contribution in [0.25, 0.3) is 0 Å². The number of ether oxygens (including phenoxy) is 1. The highest BCUT2D eigenvalue weighted by Crippen LogP contribution is 2.32. The first-order chi connectivity index (χ1) is 9.69. The Morgan fingerprint density at radius 1 is 1.50 bits per heavy atom. The van der Waals surface area contributed by atoms with Gasteiger partial charge in [-0.15, -0.1) is 0 Å². The Morgan fingerprint density at radius 3 is 3.15 bits per heavy atom. The number of hydrogen-bond donors (Lipinski definition) is 1. The van der Waals surface area contributed by atoms with E-state index < -0.39 is 0 Å². The highest BCUT2D eigenvalue weighted by atomic mass is 32.2. The van der Waals surface area contributed by atoms with Crippen LogP contribution in [0.3, 0.4) is 0 Å². The van der Waals surface area contributed by atoms with Gasteiger partial charge in [0, 0.05) is 6.54 Å². The number of fused-ring (bicyclic) bond motifs is 1. The molecule has 4 nitrogen and oxygen atoms in total. The Bertz CT molecular complexity index is 515. The summed E-state index contributed by atoms with van der Waals surface area (Å²) in [6.45, 7) is 5.33. The van der Waals surface area contributed by atoms with Gasteiger partial charge in [-0.1, -0.05) is 31.2 Å². The van der Waals surface area contributed by atoms with Gasteiger partial charge in [0.25, 0.3) is 0 Å². The zero-order valence-electron chi connectivity index (χ0n) is 11.9. The van der Waals surface area contributed by atoms with E-state index in [0.717, 1.165) is 41.4 Å². The minimum absolute atomic E-state index is 0.0563. The average molecular weight is 292 g/mol. The van der Waals surface area contributed by atoms with E-state index in [2.05, 4.69) is 17.2 Å². The molecule has 0 saturated heterocycles. The van der Waals surface area contributed by atoms with Crippen LogP contribution in [-0.4, -0.2) is 29.9 Å². The normalized spacial score (nSPS) is 13.2. The fourth-order valence-electron chi connectivity index (χ4n) is 1.81. The van der Waals surface area contributed by atoms with Crippen LogP contribution >= 0.6 is 11.8 Å². The average Bonchev–Trinajstić information content (AvgIpc) is 2.45. The van der Waals surface area contributed by atoms with Crippen molar-refractivity contribution in [1.82, 2.24) is 5.32 Å². The molecule has 1 aliphatic rings. The first-order valence-electron chi connectivity index (χ1n) is 6.89. The Hall–Kier alpha value is -1.49. The summed E-state index contributed by atoms with van der Waals surface area (Å²) < 4.78 is 5.66. The van der Waals surface area contributed by atoms with Gasteiger partial charge in [0.1, 0.15) is 23.1 Å². The predicted molar refractivity (Wildman–Crippen MR) is 84.1 cm³/mol. The van der Waals surface area contributed by atoms with Crippen molar-refractivity contribution in [2.24, 2.45) is 4.99 Å². The second-order valence-corrected chi connectivity index (χ2v) is 5.81. The van der Waals surface area contributed by atoms with Gasteiger partial charge in [0.05, 0.1) is 5.75 Å². The number of aryl methyl sites for hydroxylation is 1. The highest BCUT2D eigenvalue weighted by molar-refractivity contribution is 8.14. The number of carbonyl (C=O) groups excluding carboxylic acids is 1. The van der Waals surface area contributed by atoms with Gasteiger partial charge in [0.2, 0.25) is 5.91 Å². The maximum atomic E-state index is 11.6. The van der Waals surface area contributed by atoms with Crippen molar-refractivity contribution in [1.29, 1.82) is 0 Å². The lowest BCUT2D eigenvalue weighted by Crippen LogP contribution is -2.27. The number of benzene rings is 1. The number of nitrogens with one attached hydrogen (secondary N) is 1. The van der Waals surface area contributed by atoms with Crippen molar-refractivity contribution in [2.45, 2.75) is 26.7 Å². The quantitative estimate of drug-likeness (QED) is 0.849. The molecule has 0 aliphatic carbocycles. The molecule has 0 spiro atoms. The molecule has 108 valence electrons. The Morgan fingerprint density at radius 2 is 2.35 bits per heavy atom. The third-order valence-corrected chi connectivity index (χ3v) is 3.88. The van der Waals surface area contributed by atoms with Crippen LogP contribution in [0, 0.1) is 6.92 Å². The molecule has 0 atom stereocenters. The number of unbranched alkanes of at least 4 members (excludes halogenated alkanes) is 1. The Kier molecular flexibility index (Phi) is 5.47. The summed E-state index contributed by atoms with van der Waals surface area (Å²) in [4.78, 5) is 16.2. The van der Waals surface area contributed by atoms with Crippen LogP contribution in [0.4, 0.5) is 5.69 Å².